The van der Waals surface area contributed by atoms with E-state index in [1.807, 2.05) is 0 Å². The Morgan fingerprint density at radius 2 is 1.81 bits per heavy atom. The molecule has 21 heavy (non-hydrogen) atoms. The fraction of sp³-hybridized carbons (Fsp3) is 0.357. The Labute approximate surface area is 123 Å². The zero-order valence-electron chi connectivity index (χ0n) is 12.3. The largest absolute Gasteiger partial charge is 0.409 e. The average molecular weight is 292 g/mol. The molecule has 0 fully saturated rings. The summed E-state index contributed by atoms with van der Waals surface area (Å²) in [6.45, 7) is 5.00. The quantitative estimate of drug-likeness (QED) is 0.285. The van der Waals surface area contributed by atoms with Crippen LogP contribution in [0.25, 0.3) is 0 Å². The second-order valence-corrected chi connectivity index (χ2v) is 5.00. The van der Waals surface area contributed by atoms with Gasteiger partial charge in [-0.05, 0) is 24.1 Å². The van der Waals surface area contributed by atoms with Crippen LogP contribution in [0, 0.1) is 11.8 Å². The Balaban J connectivity index is 2.89. The molecule has 1 aromatic carbocycles. The number of nitrogens with zero attached hydrogens (tertiary/aromatic N) is 1. The topological polar surface area (TPSA) is 117 Å². The highest BCUT2D eigenvalue weighted by molar-refractivity contribution is 6.08. The van der Waals surface area contributed by atoms with E-state index in [1.54, 1.807) is 38.1 Å². The summed E-state index contributed by atoms with van der Waals surface area (Å²) in [6.07, 6.45) is 0. The number of oxime groups is 1. The first kappa shape index (κ1) is 16.5. The maximum Gasteiger partial charge on any atom is 0.235 e. The van der Waals surface area contributed by atoms with Gasteiger partial charge in [-0.15, -0.1) is 0 Å². The lowest BCUT2D eigenvalue weighted by Crippen LogP contribution is -2.38. The number of hydrogen-bond acceptors (Lipinski definition) is 4. The highest BCUT2D eigenvalue weighted by Crippen LogP contribution is 2.18. The lowest BCUT2D eigenvalue weighted by molar-refractivity contribution is -0.119. The lowest BCUT2D eigenvalue weighted by atomic mass is 9.94. The van der Waals surface area contributed by atoms with Crippen molar-refractivity contribution in [2.45, 2.75) is 20.8 Å². The molecule has 0 heterocycles. The van der Waals surface area contributed by atoms with E-state index in [4.69, 9.17) is 10.9 Å². The zero-order valence-corrected chi connectivity index (χ0v) is 12.3. The highest BCUT2D eigenvalue weighted by Gasteiger charge is 2.26. The van der Waals surface area contributed by atoms with Crippen LogP contribution in [-0.2, 0) is 9.59 Å². The summed E-state index contributed by atoms with van der Waals surface area (Å²) in [5.74, 6) is -1.57. The molecule has 0 saturated carbocycles. The van der Waals surface area contributed by atoms with Gasteiger partial charge in [-0.3, -0.25) is 9.59 Å². The molecular weight excluding hydrogens is 272 g/mol. The number of carbonyl (C=O) groups excluding carboxylic acids is 2. The lowest BCUT2D eigenvalue weighted by Gasteiger charge is -2.19. The van der Waals surface area contributed by atoms with Crippen LogP contribution in [0.2, 0.25) is 0 Å². The Bertz CT molecular complexity index is 555. The Hall–Kier alpha value is -2.57. The van der Waals surface area contributed by atoms with Crippen molar-refractivity contribution in [2.24, 2.45) is 22.7 Å². The molecule has 0 radical (unpaired) electrons. The van der Waals surface area contributed by atoms with Crippen molar-refractivity contribution in [2.75, 3.05) is 10.6 Å². The molecule has 2 amide bonds. The number of nitrogens with two attached hydrogens (primary N) is 1. The van der Waals surface area contributed by atoms with Gasteiger partial charge in [0.25, 0.3) is 0 Å². The SMILES string of the molecule is CC(=O)Nc1cccc(NC(=O)C(C(N)=NO)C(C)C)c1. The third kappa shape index (κ3) is 4.79. The van der Waals surface area contributed by atoms with Gasteiger partial charge in [-0.25, -0.2) is 0 Å². The van der Waals surface area contributed by atoms with Crippen LogP contribution in [0.15, 0.2) is 29.4 Å². The molecule has 114 valence electrons. The van der Waals surface area contributed by atoms with Crippen LogP contribution < -0.4 is 16.4 Å². The molecule has 0 bridgehead atoms. The fourth-order valence-corrected chi connectivity index (χ4v) is 1.94. The standard InChI is InChI=1S/C14H20N4O3/c1-8(2)12(13(15)18-21)14(20)17-11-6-4-5-10(7-11)16-9(3)19/h4-8,12,21H,1-3H3,(H2,15,18)(H,16,19)(H,17,20). The minimum atomic E-state index is -0.737. The zero-order chi connectivity index (χ0) is 16.0. The van der Waals surface area contributed by atoms with Gasteiger partial charge in [0.2, 0.25) is 11.8 Å². The summed E-state index contributed by atoms with van der Waals surface area (Å²) in [7, 11) is 0. The van der Waals surface area contributed by atoms with Crippen LogP contribution in [-0.4, -0.2) is 22.9 Å². The summed E-state index contributed by atoms with van der Waals surface area (Å²) in [4.78, 5) is 23.2. The molecule has 7 heteroatoms. The van der Waals surface area contributed by atoms with E-state index < -0.39 is 5.92 Å². The molecule has 0 saturated heterocycles. The third-order valence-corrected chi connectivity index (χ3v) is 2.83. The predicted octanol–water partition coefficient (Wildman–Crippen LogP) is 1.60. The van der Waals surface area contributed by atoms with Gasteiger partial charge in [-0.1, -0.05) is 25.1 Å². The minimum absolute atomic E-state index is 0.126. The first-order chi connectivity index (χ1) is 9.85. The van der Waals surface area contributed by atoms with Gasteiger partial charge >= 0.3 is 0 Å². The second kappa shape index (κ2) is 7.28. The smallest absolute Gasteiger partial charge is 0.235 e. The Morgan fingerprint density at radius 1 is 1.24 bits per heavy atom. The van der Waals surface area contributed by atoms with E-state index in [0.29, 0.717) is 11.4 Å². The number of amidine groups is 1. The molecule has 0 aliphatic heterocycles. The number of anilines is 2. The van der Waals surface area contributed by atoms with Crippen molar-refractivity contribution in [1.29, 1.82) is 0 Å². The van der Waals surface area contributed by atoms with E-state index in [0.717, 1.165) is 0 Å². The van der Waals surface area contributed by atoms with Crippen molar-refractivity contribution in [1.82, 2.24) is 0 Å². The maximum absolute atomic E-state index is 12.2. The van der Waals surface area contributed by atoms with Crippen molar-refractivity contribution in [3.63, 3.8) is 0 Å². The number of benzene rings is 1. The monoisotopic (exact) mass is 292 g/mol. The van der Waals surface area contributed by atoms with Crippen LogP contribution in [0.3, 0.4) is 0 Å². The van der Waals surface area contributed by atoms with Gasteiger partial charge in [0.05, 0.1) is 0 Å². The van der Waals surface area contributed by atoms with Gasteiger partial charge in [-0.2, -0.15) is 0 Å². The van der Waals surface area contributed by atoms with Crippen LogP contribution in [0.4, 0.5) is 11.4 Å². The summed E-state index contributed by atoms with van der Waals surface area (Å²) in [6, 6.07) is 6.73. The second-order valence-electron chi connectivity index (χ2n) is 5.00. The molecule has 0 aliphatic rings. The van der Waals surface area contributed by atoms with E-state index in [1.165, 1.54) is 6.92 Å². The molecule has 0 spiro atoms. The van der Waals surface area contributed by atoms with Crippen molar-refractivity contribution in [3.8, 4) is 0 Å². The van der Waals surface area contributed by atoms with Gasteiger partial charge in [0.1, 0.15) is 5.92 Å². The fourth-order valence-electron chi connectivity index (χ4n) is 1.94. The predicted molar refractivity (Wildman–Crippen MR) is 81.1 cm³/mol. The summed E-state index contributed by atoms with van der Waals surface area (Å²) in [5, 5.41) is 17.0. The Morgan fingerprint density at radius 3 is 2.29 bits per heavy atom. The number of rotatable bonds is 5. The third-order valence-electron chi connectivity index (χ3n) is 2.83. The average Bonchev–Trinajstić information content (AvgIpc) is 2.37. The molecule has 1 atom stereocenters. The summed E-state index contributed by atoms with van der Waals surface area (Å²) >= 11 is 0. The first-order valence-corrected chi connectivity index (χ1v) is 6.51. The molecular formula is C14H20N4O3. The van der Waals surface area contributed by atoms with Gasteiger partial charge in [0.15, 0.2) is 5.84 Å². The number of amides is 2. The van der Waals surface area contributed by atoms with Crippen LogP contribution in [0.1, 0.15) is 20.8 Å². The van der Waals surface area contributed by atoms with Crippen LogP contribution >= 0.6 is 0 Å². The van der Waals surface area contributed by atoms with Crippen molar-refractivity contribution >= 4 is 29.0 Å². The molecule has 0 aliphatic carbocycles. The maximum atomic E-state index is 12.2. The Kier molecular flexibility index (Phi) is 5.71. The summed E-state index contributed by atoms with van der Waals surface area (Å²) in [5.41, 5.74) is 6.64. The minimum Gasteiger partial charge on any atom is -0.409 e. The van der Waals surface area contributed by atoms with Gasteiger partial charge < -0.3 is 21.6 Å². The van der Waals surface area contributed by atoms with Crippen molar-refractivity contribution in [3.05, 3.63) is 24.3 Å². The first-order valence-electron chi connectivity index (χ1n) is 6.51. The molecule has 7 nitrogen and oxygen atoms in total. The van der Waals surface area contributed by atoms with E-state index in [2.05, 4.69) is 15.8 Å². The normalized spacial score (nSPS) is 12.9. The molecule has 5 N–H and O–H groups in total. The van der Waals surface area contributed by atoms with E-state index >= 15 is 0 Å². The highest BCUT2D eigenvalue weighted by atomic mass is 16.4. The van der Waals surface area contributed by atoms with E-state index in [-0.39, 0.29) is 23.6 Å². The number of hydrogen-bond donors (Lipinski definition) is 4. The van der Waals surface area contributed by atoms with Crippen LogP contribution in [0.5, 0.6) is 0 Å². The van der Waals surface area contributed by atoms with Crippen molar-refractivity contribution < 1.29 is 14.8 Å². The molecule has 1 rings (SSSR count). The molecule has 1 unspecified atom stereocenters. The summed E-state index contributed by atoms with van der Waals surface area (Å²) < 4.78 is 0. The van der Waals surface area contributed by atoms with E-state index in [9.17, 15) is 9.59 Å². The molecule has 1 aromatic rings. The number of carbonyl (C=O) groups is 2. The number of nitrogens with one attached hydrogen (secondary N) is 2. The van der Waals surface area contributed by atoms with Gasteiger partial charge in [0, 0.05) is 18.3 Å². The molecule has 0 aromatic heterocycles.